The van der Waals surface area contributed by atoms with Gasteiger partial charge in [-0.25, -0.2) is 0 Å². The lowest BCUT2D eigenvalue weighted by molar-refractivity contribution is 0.0897. The molecule has 0 bridgehead atoms. The molecule has 2 atom stereocenters. The van der Waals surface area contributed by atoms with Crippen LogP contribution >= 0.6 is 0 Å². The van der Waals surface area contributed by atoms with Crippen molar-refractivity contribution in [2.24, 2.45) is 0 Å². The fraction of sp³-hybridized carbons (Fsp3) is 0.562. The van der Waals surface area contributed by atoms with Crippen molar-refractivity contribution in [3.8, 4) is 11.5 Å². The third kappa shape index (κ3) is 4.36. The lowest BCUT2D eigenvalue weighted by Crippen LogP contribution is -2.33. The van der Waals surface area contributed by atoms with Crippen molar-refractivity contribution >= 4 is 5.91 Å². The number of aromatic hydroxyl groups is 1. The second-order valence-electron chi connectivity index (χ2n) is 5.47. The van der Waals surface area contributed by atoms with Crippen LogP contribution in [0.2, 0.25) is 0 Å². The van der Waals surface area contributed by atoms with Gasteiger partial charge in [-0.2, -0.15) is 0 Å². The molecule has 1 aliphatic heterocycles. The van der Waals surface area contributed by atoms with E-state index in [1.807, 2.05) is 6.92 Å². The highest BCUT2D eigenvalue weighted by molar-refractivity contribution is 5.97. The van der Waals surface area contributed by atoms with Gasteiger partial charge in [0.1, 0.15) is 11.5 Å². The maximum atomic E-state index is 12.1. The highest BCUT2D eigenvalue weighted by Gasteiger charge is 2.18. The van der Waals surface area contributed by atoms with Crippen molar-refractivity contribution in [3.05, 3.63) is 23.8 Å². The van der Waals surface area contributed by atoms with Crippen LogP contribution in [0.3, 0.4) is 0 Å². The van der Waals surface area contributed by atoms with E-state index in [0.717, 1.165) is 32.3 Å². The maximum absolute atomic E-state index is 12.1. The van der Waals surface area contributed by atoms with Crippen LogP contribution in [0.25, 0.3) is 0 Å². The number of amides is 1. The molecular weight excluding hydrogens is 270 g/mol. The van der Waals surface area contributed by atoms with Crippen molar-refractivity contribution in [1.29, 1.82) is 0 Å². The summed E-state index contributed by atoms with van der Waals surface area (Å²) in [4.78, 5) is 12.1. The molecule has 1 amide bonds. The molecule has 1 saturated heterocycles. The Labute approximate surface area is 125 Å². The normalized spacial score (nSPS) is 19.2. The quantitative estimate of drug-likeness (QED) is 0.845. The molecule has 1 aliphatic rings. The van der Waals surface area contributed by atoms with Gasteiger partial charge in [-0.15, -0.1) is 0 Å². The van der Waals surface area contributed by atoms with Gasteiger partial charge in [0.25, 0.3) is 5.91 Å². The summed E-state index contributed by atoms with van der Waals surface area (Å²) in [6.07, 6.45) is 4.40. The van der Waals surface area contributed by atoms with E-state index in [0.29, 0.717) is 11.9 Å². The van der Waals surface area contributed by atoms with E-state index in [1.54, 1.807) is 12.1 Å². The Bertz CT molecular complexity index is 483. The second-order valence-corrected chi connectivity index (χ2v) is 5.47. The summed E-state index contributed by atoms with van der Waals surface area (Å²) < 4.78 is 10.6. The van der Waals surface area contributed by atoms with E-state index in [4.69, 9.17) is 9.47 Å². The summed E-state index contributed by atoms with van der Waals surface area (Å²) in [5.41, 5.74) is 0.264. The molecule has 2 rings (SSSR count). The number of benzene rings is 1. The molecule has 21 heavy (non-hydrogen) atoms. The monoisotopic (exact) mass is 293 g/mol. The Kier molecular flexibility index (Phi) is 5.44. The SMILES string of the molecule is COc1ccc(C(=O)N[C@H](C)CC[C@H]2CCCO2)c(O)c1. The fourth-order valence-electron chi connectivity index (χ4n) is 2.51. The van der Waals surface area contributed by atoms with Crippen LogP contribution in [0.5, 0.6) is 11.5 Å². The molecule has 1 heterocycles. The Morgan fingerprint density at radius 2 is 2.38 bits per heavy atom. The highest BCUT2D eigenvalue weighted by Crippen LogP contribution is 2.23. The second kappa shape index (κ2) is 7.31. The first-order valence-electron chi connectivity index (χ1n) is 7.39. The Morgan fingerprint density at radius 1 is 1.57 bits per heavy atom. The Hall–Kier alpha value is -1.75. The van der Waals surface area contributed by atoms with Crippen molar-refractivity contribution < 1.29 is 19.4 Å². The zero-order valence-corrected chi connectivity index (χ0v) is 12.6. The van der Waals surface area contributed by atoms with Crippen LogP contribution in [0, 0.1) is 0 Å². The minimum absolute atomic E-state index is 0.0446. The molecule has 0 saturated carbocycles. The van der Waals surface area contributed by atoms with Gasteiger partial charge >= 0.3 is 0 Å². The number of ether oxygens (including phenoxy) is 2. The number of nitrogens with one attached hydrogen (secondary N) is 1. The van der Waals surface area contributed by atoms with Crippen molar-refractivity contribution in [3.63, 3.8) is 0 Å². The maximum Gasteiger partial charge on any atom is 0.255 e. The molecular formula is C16H23NO4. The number of methoxy groups -OCH3 is 1. The van der Waals surface area contributed by atoms with Crippen molar-refractivity contribution in [2.75, 3.05) is 13.7 Å². The zero-order chi connectivity index (χ0) is 15.2. The van der Waals surface area contributed by atoms with Gasteiger partial charge in [0.2, 0.25) is 0 Å². The number of carbonyl (C=O) groups is 1. The van der Waals surface area contributed by atoms with Gasteiger partial charge in [0, 0.05) is 18.7 Å². The van der Waals surface area contributed by atoms with E-state index < -0.39 is 0 Å². The first-order valence-corrected chi connectivity index (χ1v) is 7.39. The number of carbonyl (C=O) groups excluding carboxylic acids is 1. The molecule has 0 spiro atoms. The standard InChI is InChI=1S/C16H23NO4/c1-11(5-6-12-4-3-9-21-12)17-16(19)14-8-7-13(20-2)10-15(14)18/h7-8,10-12,18H,3-6,9H2,1-2H3,(H,17,19)/t11-,12-/m1/s1. The minimum Gasteiger partial charge on any atom is -0.507 e. The van der Waals surface area contributed by atoms with E-state index >= 15 is 0 Å². The summed E-state index contributed by atoms with van der Waals surface area (Å²) in [7, 11) is 1.52. The molecule has 5 heteroatoms. The van der Waals surface area contributed by atoms with Gasteiger partial charge in [-0.05, 0) is 44.7 Å². The number of hydrogen-bond donors (Lipinski definition) is 2. The van der Waals surface area contributed by atoms with Crippen LogP contribution in [0.4, 0.5) is 0 Å². The van der Waals surface area contributed by atoms with Crippen LogP contribution in [0.15, 0.2) is 18.2 Å². The average Bonchev–Trinajstić information content (AvgIpc) is 2.98. The van der Waals surface area contributed by atoms with E-state index in [9.17, 15) is 9.90 Å². The number of phenols is 1. The van der Waals surface area contributed by atoms with Crippen LogP contribution in [0.1, 0.15) is 43.0 Å². The average molecular weight is 293 g/mol. The van der Waals surface area contributed by atoms with E-state index in [1.165, 1.54) is 13.2 Å². The molecule has 1 fully saturated rings. The molecule has 0 aliphatic carbocycles. The topological polar surface area (TPSA) is 67.8 Å². The predicted molar refractivity (Wildman–Crippen MR) is 79.8 cm³/mol. The highest BCUT2D eigenvalue weighted by atomic mass is 16.5. The van der Waals surface area contributed by atoms with Gasteiger partial charge in [0.05, 0.1) is 18.8 Å². The van der Waals surface area contributed by atoms with E-state index in [-0.39, 0.29) is 23.3 Å². The lowest BCUT2D eigenvalue weighted by Gasteiger charge is -2.16. The zero-order valence-electron chi connectivity index (χ0n) is 12.6. The van der Waals surface area contributed by atoms with Crippen LogP contribution in [-0.4, -0.2) is 36.9 Å². The molecule has 0 unspecified atom stereocenters. The molecule has 5 nitrogen and oxygen atoms in total. The molecule has 116 valence electrons. The molecule has 1 aromatic carbocycles. The molecule has 0 radical (unpaired) electrons. The van der Waals surface area contributed by atoms with Crippen LogP contribution < -0.4 is 10.1 Å². The largest absolute Gasteiger partial charge is 0.507 e. The van der Waals surface area contributed by atoms with Gasteiger partial charge in [-0.3, -0.25) is 4.79 Å². The van der Waals surface area contributed by atoms with Gasteiger partial charge in [-0.1, -0.05) is 0 Å². The number of phenolic OH excluding ortho intramolecular Hbond substituents is 1. The molecule has 0 aromatic heterocycles. The summed E-state index contributed by atoms with van der Waals surface area (Å²) in [6, 6.07) is 4.71. The third-order valence-electron chi connectivity index (χ3n) is 3.77. The van der Waals surface area contributed by atoms with Crippen LogP contribution in [-0.2, 0) is 4.74 Å². The summed E-state index contributed by atoms with van der Waals surface area (Å²) >= 11 is 0. The molecule has 2 N–H and O–H groups in total. The summed E-state index contributed by atoms with van der Waals surface area (Å²) in [6.45, 7) is 2.82. The van der Waals surface area contributed by atoms with E-state index in [2.05, 4.69) is 5.32 Å². The van der Waals surface area contributed by atoms with Gasteiger partial charge in [0.15, 0.2) is 0 Å². The summed E-state index contributed by atoms with van der Waals surface area (Å²) in [5, 5.41) is 12.8. The fourth-order valence-corrected chi connectivity index (χ4v) is 2.51. The van der Waals surface area contributed by atoms with Crippen molar-refractivity contribution in [2.45, 2.75) is 44.8 Å². The van der Waals surface area contributed by atoms with Gasteiger partial charge < -0.3 is 19.9 Å². The number of hydrogen-bond acceptors (Lipinski definition) is 4. The smallest absolute Gasteiger partial charge is 0.255 e. The Balaban J connectivity index is 1.85. The first-order chi connectivity index (χ1) is 10.1. The Morgan fingerprint density at radius 3 is 3.00 bits per heavy atom. The first kappa shape index (κ1) is 15.6. The summed E-state index contributed by atoms with van der Waals surface area (Å²) in [5.74, 6) is 0.184. The lowest BCUT2D eigenvalue weighted by atomic mass is 10.1. The number of rotatable bonds is 6. The third-order valence-corrected chi connectivity index (χ3v) is 3.77. The van der Waals surface area contributed by atoms with Crippen molar-refractivity contribution in [1.82, 2.24) is 5.32 Å². The molecule has 1 aromatic rings. The minimum atomic E-state index is -0.269. The predicted octanol–water partition coefficient (Wildman–Crippen LogP) is 2.48.